The molecule has 0 saturated carbocycles. The Morgan fingerprint density at radius 1 is 1.04 bits per heavy atom. The molecule has 0 radical (unpaired) electrons. The van der Waals surface area contributed by atoms with Crippen molar-refractivity contribution >= 4 is 11.9 Å². The molecule has 2 aromatic rings. The summed E-state index contributed by atoms with van der Waals surface area (Å²) in [6, 6.07) is 16.1. The van der Waals surface area contributed by atoms with Crippen LogP contribution in [0.15, 0.2) is 54.6 Å². The van der Waals surface area contributed by atoms with Crippen molar-refractivity contribution in [2.24, 2.45) is 0 Å². The molecule has 2 aromatic carbocycles. The lowest BCUT2D eigenvalue weighted by Crippen LogP contribution is -2.43. The van der Waals surface area contributed by atoms with E-state index in [0.717, 1.165) is 11.1 Å². The lowest BCUT2D eigenvalue weighted by Gasteiger charge is -2.18. The van der Waals surface area contributed by atoms with Crippen LogP contribution in [0.4, 0.5) is 0 Å². The summed E-state index contributed by atoms with van der Waals surface area (Å²) in [5.41, 5.74) is 2.40. The number of aryl methyl sites for hydroxylation is 1. The molecule has 2 rings (SSSR count). The van der Waals surface area contributed by atoms with Crippen molar-refractivity contribution < 1.29 is 14.3 Å². The molecule has 1 amide bonds. The average molecular weight is 311 g/mol. The van der Waals surface area contributed by atoms with Gasteiger partial charge in [-0.1, -0.05) is 48.5 Å². The molecule has 0 aromatic heterocycles. The number of nitrogens with one attached hydrogen (secondary N) is 1. The number of carbonyl (C=O) groups is 2. The minimum atomic E-state index is -0.704. The Bertz CT molecular complexity index is 667. The topological polar surface area (TPSA) is 55.4 Å². The highest BCUT2D eigenvalue weighted by atomic mass is 16.5. The van der Waals surface area contributed by atoms with Crippen LogP contribution < -0.4 is 5.32 Å². The maximum atomic E-state index is 12.5. The van der Waals surface area contributed by atoms with E-state index in [2.05, 4.69) is 5.32 Å². The Hall–Kier alpha value is -2.62. The first-order valence-electron chi connectivity index (χ1n) is 7.69. The molecular formula is C19H21NO3. The number of hydrogen-bond donors (Lipinski definition) is 1. The van der Waals surface area contributed by atoms with Crippen molar-refractivity contribution in [3.63, 3.8) is 0 Å². The van der Waals surface area contributed by atoms with E-state index in [0.29, 0.717) is 12.0 Å². The predicted octanol–water partition coefficient (Wildman–Crippen LogP) is 2.90. The number of hydrogen-bond acceptors (Lipinski definition) is 3. The van der Waals surface area contributed by atoms with Crippen LogP contribution in [0.25, 0.3) is 0 Å². The second-order valence-electron chi connectivity index (χ2n) is 5.28. The van der Waals surface area contributed by atoms with Crippen LogP contribution in [0.2, 0.25) is 0 Å². The highest BCUT2D eigenvalue weighted by molar-refractivity contribution is 5.98. The van der Waals surface area contributed by atoms with E-state index in [1.807, 2.05) is 49.4 Å². The normalized spacial score (nSPS) is 11.6. The van der Waals surface area contributed by atoms with Crippen molar-refractivity contribution in [2.45, 2.75) is 26.3 Å². The van der Waals surface area contributed by atoms with Crippen LogP contribution in [-0.4, -0.2) is 24.5 Å². The second-order valence-corrected chi connectivity index (χ2v) is 5.28. The van der Waals surface area contributed by atoms with E-state index in [9.17, 15) is 9.59 Å². The van der Waals surface area contributed by atoms with Gasteiger partial charge < -0.3 is 10.1 Å². The summed E-state index contributed by atoms with van der Waals surface area (Å²) >= 11 is 0. The molecule has 23 heavy (non-hydrogen) atoms. The fourth-order valence-electron chi connectivity index (χ4n) is 2.35. The maximum absolute atomic E-state index is 12.5. The first-order chi connectivity index (χ1) is 11.1. The number of benzene rings is 2. The number of ether oxygens (including phenoxy) is 1. The molecule has 0 aliphatic heterocycles. The van der Waals surface area contributed by atoms with Crippen molar-refractivity contribution in [1.29, 1.82) is 0 Å². The Balaban J connectivity index is 2.15. The first-order valence-corrected chi connectivity index (χ1v) is 7.69. The fourth-order valence-corrected chi connectivity index (χ4v) is 2.35. The average Bonchev–Trinajstić information content (AvgIpc) is 2.55. The summed E-state index contributed by atoms with van der Waals surface area (Å²) in [6.45, 7) is 3.90. The fraction of sp³-hybridized carbons (Fsp3) is 0.263. The monoisotopic (exact) mass is 311 g/mol. The van der Waals surface area contributed by atoms with E-state index in [4.69, 9.17) is 4.74 Å². The van der Waals surface area contributed by atoms with Gasteiger partial charge in [0.05, 0.1) is 6.61 Å². The number of esters is 1. The van der Waals surface area contributed by atoms with Crippen LogP contribution in [0.3, 0.4) is 0 Å². The molecule has 0 heterocycles. The summed E-state index contributed by atoms with van der Waals surface area (Å²) in [4.78, 5) is 24.6. The van der Waals surface area contributed by atoms with Gasteiger partial charge in [0.25, 0.3) is 5.91 Å². The van der Waals surface area contributed by atoms with Gasteiger partial charge in [0.1, 0.15) is 6.04 Å². The number of amides is 1. The molecular weight excluding hydrogens is 290 g/mol. The van der Waals surface area contributed by atoms with E-state index in [1.165, 1.54) is 0 Å². The second kappa shape index (κ2) is 8.13. The minimum absolute atomic E-state index is 0.267. The van der Waals surface area contributed by atoms with E-state index in [1.54, 1.807) is 19.1 Å². The molecule has 1 N–H and O–H groups in total. The third-order valence-electron chi connectivity index (χ3n) is 3.55. The van der Waals surface area contributed by atoms with Gasteiger partial charge >= 0.3 is 5.97 Å². The lowest BCUT2D eigenvalue weighted by molar-refractivity contribution is -0.145. The maximum Gasteiger partial charge on any atom is 0.328 e. The van der Waals surface area contributed by atoms with Gasteiger partial charge in [-0.05, 0) is 31.0 Å². The molecule has 0 saturated heterocycles. The first kappa shape index (κ1) is 16.7. The van der Waals surface area contributed by atoms with Gasteiger partial charge in [0.15, 0.2) is 0 Å². The molecule has 120 valence electrons. The van der Waals surface area contributed by atoms with Gasteiger partial charge in [0, 0.05) is 12.0 Å². The van der Waals surface area contributed by atoms with Gasteiger partial charge in [-0.15, -0.1) is 0 Å². The summed E-state index contributed by atoms with van der Waals surface area (Å²) in [7, 11) is 0. The summed E-state index contributed by atoms with van der Waals surface area (Å²) in [6.07, 6.45) is 0.400. The van der Waals surface area contributed by atoms with Gasteiger partial charge in [-0.2, -0.15) is 0 Å². The lowest BCUT2D eigenvalue weighted by atomic mass is 10.0. The Kier molecular flexibility index (Phi) is 5.92. The number of carbonyl (C=O) groups excluding carboxylic acids is 2. The molecule has 4 nitrogen and oxygen atoms in total. The van der Waals surface area contributed by atoms with Crippen molar-refractivity contribution in [3.8, 4) is 0 Å². The molecule has 0 bridgehead atoms. The highest BCUT2D eigenvalue weighted by Gasteiger charge is 2.23. The number of rotatable bonds is 6. The van der Waals surface area contributed by atoms with Crippen molar-refractivity contribution in [1.82, 2.24) is 5.32 Å². The highest BCUT2D eigenvalue weighted by Crippen LogP contribution is 2.09. The quantitative estimate of drug-likeness (QED) is 0.835. The van der Waals surface area contributed by atoms with E-state index >= 15 is 0 Å². The Morgan fingerprint density at radius 3 is 2.35 bits per heavy atom. The van der Waals surface area contributed by atoms with Gasteiger partial charge in [-0.3, -0.25) is 4.79 Å². The smallest absolute Gasteiger partial charge is 0.328 e. The Morgan fingerprint density at radius 2 is 1.70 bits per heavy atom. The van der Waals surface area contributed by atoms with Gasteiger partial charge in [0.2, 0.25) is 0 Å². The van der Waals surface area contributed by atoms with Crippen LogP contribution in [-0.2, 0) is 16.0 Å². The predicted molar refractivity (Wildman–Crippen MR) is 89.2 cm³/mol. The molecule has 0 fully saturated rings. The zero-order valence-corrected chi connectivity index (χ0v) is 13.4. The summed E-state index contributed by atoms with van der Waals surface area (Å²) in [5, 5.41) is 2.79. The standard InChI is InChI=1S/C19H21NO3/c1-3-23-19(22)17(13-15-10-5-4-6-11-15)20-18(21)16-12-8-7-9-14(16)2/h4-12,17H,3,13H2,1-2H3,(H,20,21). The molecule has 4 heteroatoms. The van der Waals surface area contributed by atoms with Crippen molar-refractivity contribution in [2.75, 3.05) is 6.61 Å². The van der Waals surface area contributed by atoms with E-state index < -0.39 is 12.0 Å². The molecule has 0 aliphatic carbocycles. The SMILES string of the molecule is CCOC(=O)C(Cc1ccccc1)NC(=O)c1ccccc1C. The zero-order chi connectivity index (χ0) is 16.7. The third kappa shape index (κ3) is 4.68. The van der Waals surface area contributed by atoms with Crippen LogP contribution in [0, 0.1) is 6.92 Å². The molecule has 0 aliphatic rings. The largest absolute Gasteiger partial charge is 0.464 e. The molecule has 0 spiro atoms. The van der Waals surface area contributed by atoms with Crippen LogP contribution >= 0.6 is 0 Å². The summed E-state index contributed by atoms with van der Waals surface area (Å²) < 4.78 is 5.09. The zero-order valence-electron chi connectivity index (χ0n) is 13.4. The van der Waals surface area contributed by atoms with Crippen LogP contribution in [0.1, 0.15) is 28.4 Å². The van der Waals surface area contributed by atoms with Crippen molar-refractivity contribution in [3.05, 3.63) is 71.3 Å². The van der Waals surface area contributed by atoms with Gasteiger partial charge in [-0.25, -0.2) is 4.79 Å². The Labute approximate surface area is 136 Å². The summed E-state index contributed by atoms with van der Waals surface area (Å²) in [5.74, 6) is -0.685. The molecule has 1 atom stereocenters. The minimum Gasteiger partial charge on any atom is -0.464 e. The molecule has 1 unspecified atom stereocenters. The van der Waals surface area contributed by atoms with Crippen LogP contribution in [0.5, 0.6) is 0 Å². The van der Waals surface area contributed by atoms with E-state index in [-0.39, 0.29) is 12.5 Å². The third-order valence-corrected chi connectivity index (χ3v) is 3.55.